The van der Waals surface area contributed by atoms with Crippen LogP contribution in [-0.2, 0) is 9.59 Å². The summed E-state index contributed by atoms with van der Waals surface area (Å²) in [5.74, 6) is -2.10. The van der Waals surface area contributed by atoms with Crippen molar-refractivity contribution in [1.82, 2.24) is 0 Å². The van der Waals surface area contributed by atoms with Gasteiger partial charge in [0, 0.05) is 5.57 Å². The maximum absolute atomic E-state index is 11.2. The van der Waals surface area contributed by atoms with Crippen LogP contribution in [0.15, 0.2) is 11.6 Å². The van der Waals surface area contributed by atoms with Gasteiger partial charge in [0.05, 0.1) is 5.92 Å². The Hall–Kier alpha value is -1.32. The van der Waals surface area contributed by atoms with Crippen molar-refractivity contribution in [2.75, 3.05) is 0 Å². The summed E-state index contributed by atoms with van der Waals surface area (Å²) in [5.41, 5.74) is 0.904. The smallest absolute Gasteiger partial charge is 0.331 e. The van der Waals surface area contributed by atoms with Gasteiger partial charge in [0.1, 0.15) is 0 Å². The van der Waals surface area contributed by atoms with Gasteiger partial charge in [-0.15, -0.1) is 0 Å². The van der Waals surface area contributed by atoms with Gasteiger partial charge in [-0.3, -0.25) is 4.79 Å². The molecule has 3 rings (SSSR count). The van der Waals surface area contributed by atoms with E-state index in [0.29, 0.717) is 23.8 Å². The van der Waals surface area contributed by atoms with Crippen molar-refractivity contribution in [3.63, 3.8) is 0 Å². The van der Waals surface area contributed by atoms with E-state index in [1.807, 2.05) is 0 Å². The second kappa shape index (κ2) is 2.92. The van der Waals surface area contributed by atoms with E-state index in [2.05, 4.69) is 6.92 Å². The molecule has 3 aliphatic carbocycles. The van der Waals surface area contributed by atoms with Crippen LogP contribution in [-0.4, -0.2) is 22.2 Å². The summed E-state index contributed by atoms with van der Waals surface area (Å²) in [6.45, 7) is 2.18. The normalized spacial score (nSPS) is 46.8. The summed E-state index contributed by atoms with van der Waals surface area (Å²) in [4.78, 5) is 22.3. The molecule has 0 amide bonds. The lowest BCUT2D eigenvalue weighted by atomic mass is 9.75. The van der Waals surface area contributed by atoms with Crippen molar-refractivity contribution >= 4 is 11.9 Å². The summed E-state index contributed by atoms with van der Waals surface area (Å²) in [5, 5.41) is 18.3. The van der Waals surface area contributed by atoms with Crippen molar-refractivity contribution in [2.24, 2.45) is 22.7 Å². The van der Waals surface area contributed by atoms with E-state index in [0.717, 1.165) is 12.8 Å². The molecule has 0 aromatic carbocycles. The van der Waals surface area contributed by atoms with E-state index in [1.54, 1.807) is 6.08 Å². The van der Waals surface area contributed by atoms with Crippen LogP contribution in [0.4, 0.5) is 0 Å². The summed E-state index contributed by atoms with van der Waals surface area (Å²) < 4.78 is 0. The number of carboxylic acid groups (broad SMARTS) is 2. The first-order chi connectivity index (χ1) is 7.90. The zero-order chi connectivity index (χ0) is 12.4. The van der Waals surface area contributed by atoms with E-state index < -0.39 is 17.9 Å². The van der Waals surface area contributed by atoms with Gasteiger partial charge in [-0.05, 0) is 42.4 Å². The zero-order valence-electron chi connectivity index (χ0n) is 9.77. The molecule has 4 nitrogen and oxygen atoms in total. The molecule has 0 aromatic rings. The van der Waals surface area contributed by atoms with Crippen molar-refractivity contribution < 1.29 is 19.8 Å². The van der Waals surface area contributed by atoms with Gasteiger partial charge in [-0.2, -0.15) is 0 Å². The Morgan fingerprint density at radius 3 is 2.35 bits per heavy atom. The molecule has 0 radical (unpaired) electrons. The number of carbonyl (C=O) groups is 2. The van der Waals surface area contributed by atoms with Gasteiger partial charge < -0.3 is 10.2 Å². The highest BCUT2D eigenvalue weighted by molar-refractivity contribution is 5.88. The molecule has 2 atom stereocenters. The summed E-state index contributed by atoms with van der Waals surface area (Å²) in [6.07, 6.45) is 4.65. The minimum atomic E-state index is -0.866. The van der Waals surface area contributed by atoms with Crippen LogP contribution in [0, 0.1) is 22.7 Å². The third-order valence-corrected chi connectivity index (χ3v) is 5.14. The fraction of sp³-hybridized carbons (Fsp3) is 0.692. The molecule has 0 heterocycles. The standard InChI is InChI=1S/C13H16O4/c1-12-5-13(12,6-12)9-4-7(10(14)15)2-3-8(9)11(16)17/h3,7,9H,2,4-6H2,1H3,(H,14,15)(H,16,17). The number of carboxylic acids is 2. The summed E-state index contributed by atoms with van der Waals surface area (Å²) in [6, 6.07) is 0. The second-order valence-corrected chi connectivity index (χ2v) is 6.09. The third kappa shape index (κ3) is 1.30. The predicted molar refractivity (Wildman–Crippen MR) is 59.3 cm³/mol. The first-order valence-electron chi connectivity index (χ1n) is 6.06. The molecule has 2 saturated carbocycles. The minimum absolute atomic E-state index is 0.0418. The Kier molecular flexibility index (Phi) is 1.86. The number of hydrogen-bond donors (Lipinski definition) is 2. The van der Waals surface area contributed by atoms with Crippen LogP contribution in [0.25, 0.3) is 0 Å². The van der Waals surface area contributed by atoms with Crippen LogP contribution < -0.4 is 0 Å². The molecule has 0 bridgehead atoms. The fourth-order valence-electron chi connectivity index (χ4n) is 3.80. The largest absolute Gasteiger partial charge is 0.481 e. The first-order valence-corrected chi connectivity index (χ1v) is 6.06. The van der Waals surface area contributed by atoms with Crippen molar-refractivity contribution in [1.29, 1.82) is 0 Å². The number of hydrogen-bond acceptors (Lipinski definition) is 2. The van der Waals surface area contributed by atoms with E-state index in [1.165, 1.54) is 0 Å². The minimum Gasteiger partial charge on any atom is -0.481 e. The zero-order valence-corrected chi connectivity index (χ0v) is 9.77. The van der Waals surface area contributed by atoms with E-state index in [4.69, 9.17) is 5.11 Å². The quantitative estimate of drug-likeness (QED) is 0.784. The molecule has 3 aliphatic rings. The molecular formula is C13H16O4. The third-order valence-electron chi connectivity index (χ3n) is 5.14. The first kappa shape index (κ1) is 10.8. The van der Waals surface area contributed by atoms with E-state index >= 15 is 0 Å². The van der Waals surface area contributed by atoms with Crippen LogP contribution >= 0.6 is 0 Å². The van der Waals surface area contributed by atoms with Crippen molar-refractivity contribution in [2.45, 2.75) is 32.6 Å². The van der Waals surface area contributed by atoms with Crippen molar-refractivity contribution in [3.8, 4) is 0 Å². The lowest BCUT2D eigenvalue weighted by Gasteiger charge is -2.28. The molecule has 2 N–H and O–H groups in total. The van der Waals surface area contributed by atoms with Crippen molar-refractivity contribution in [3.05, 3.63) is 11.6 Å². The summed E-state index contributed by atoms with van der Waals surface area (Å²) >= 11 is 0. The molecule has 4 heteroatoms. The maximum Gasteiger partial charge on any atom is 0.331 e. The number of aliphatic carboxylic acids is 2. The molecule has 0 aliphatic heterocycles. The maximum atomic E-state index is 11.2. The van der Waals surface area contributed by atoms with Gasteiger partial charge in [0.15, 0.2) is 0 Å². The highest BCUT2D eigenvalue weighted by Crippen LogP contribution is 2.90. The molecule has 2 unspecified atom stereocenters. The monoisotopic (exact) mass is 236 g/mol. The Bertz CT molecular complexity index is 442. The van der Waals surface area contributed by atoms with Crippen LogP contribution in [0.2, 0.25) is 0 Å². The molecule has 0 saturated heterocycles. The van der Waals surface area contributed by atoms with Crippen LogP contribution in [0.3, 0.4) is 0 Å². The Morgan fingerprint density at radius 1 is 1.35 bits per heavy atom. The highest BCUT2D eigenvalue weighted by Gasteiger charge is 2.82. The van der Waals surface area contributed by atoms with E-state index in [-0.39, 0.29) is 11.3 Å². The summed E-state index contributed by atoms with van der Waals surface area (Å²) in [7, 11) is 0. The molecule has 2 fully saturated rings. The fourth-order valence-corrected chi connectivity index (χ4v) is 3.80. The molecular weight excluding hydrogens is 220 g/mol. The van der Waals surface area contributed by atoms with Gasteiger partial charge >= 0.3 is 11.9 Å². The van der Waals surface area contributed by atoms with E-state index in [9.17, 15) is 14.7 Å². The molecule has 92 valence electrons. The number of allylic oxidation sites excluding steroid dienone is 1. The highest BCUT2D eigenvalue weighted by atomic mass is 16.4. The Labute approximate surface area is 99.3 Å². The molecule has 0 aromatic heterocycles. The SMILES string of the molecule is CC12CC1(C1CC(C(=O)O)CC=C1C(=O)O)C2. The van der Waals surface area contributed by atoms with Gasteiger partial charge in [0.2, 0.25) is 0 Å². The van der Waals surface area contributed by atoms with Gasteiger partial charge in [-0.1, -0.05) is 13.0 Å². The Morgan fingerprint density at radius 2 is 1.94 bits per heavy atom. The van der Waals surface area contributed by atoms with Crippen LogP contribution in [0.1, 0.15) is 32.6 Å². The predicted octanol–water partition coefficient (Wildman–Crippen LogP) is 1.91. The average molecular weight is 236 g/mol. The van der Waals surface area contributed by atoms with Crippen LogP contribution in [0.5, 0.6) is 0 Å². The topological polar surface area (TPSA) is 74.6 Å². The molecule has 0 spiro atoms. The second-order valence-electron chi connectivity index (χ2n) is 6.09. The lowest BCUT2D eigenvalue weighted by molar-refractivity contribution is -0.143. The lowest BCUT2D eigenvalue weighted by Crippen LogP contribution is -2.28. The average Bonchev–Trinajstić information content (AvgIpc) is 3.02. The van der Waals surface area contributed by atoms with Gasteiger partial charge in [-0.25, -0.2) is 4.79 Å². The number of rotatable bonds is 3. The Balaban J connectivity index is 1.88. The number of fused-ring (bicyclic) bond motifs is 1. The van der Waals surface area contributed by atoms with Gasteiger partial charge in [0.25, 0.3) is 0 Å². The molecule has 17 heavy (non-hydrogen) atoms.